The Balaban J connectivity index is 1.46. The van der Waals surface area contributed by atoms with E-state index < -0.39 is 5.97 Å². The first-order valence-corrected chi connectivity index (χ1v) is 7.45. The third-order valence-corrected chi connectivity index (χ3v) is 3.56. The van der Waals surface area contributed by atoms with Crippen molar-refractivity contribution in [1.82, 2.24) is 4.90 Å². The van der Waals surface area contributed by atoms with Crippen LogP contribution in [0.15, 0.2) is 54.6 Å². The summed E-state index contributed by atoms with van der Waals surface area (Å²) in [4.78, 5) is 37.0. The minimum absolute atomic E-state index is 0.0173. The molecule has 1 aliphatic heterocycles. The van der Waals surface area contributed by atoms with Crippen LogP contribution in [0.5, 0.6) is 5.75 Å². The van der Waals surface area contributed by atoms with Crippen LogP contribution in [0.3, 0.4) is 0 Å². The van der Waals surface area contributed by atoms with Crippen molar-refractivity contribution in [2.24, 2.45) is 0 Å². The number of nitrogens with zero attached hydrogens (tertiary/aromatic N) is 1. The second-order valence-corrected chi connectivity index (χ2v) is 5.13. The molecule has 0 spiro atoms. The molecule has 2 aromatic carbocycles. The summed E-state index contributed by atoms with van der Waals surface area (Å²) in [7, 11) is 0. The predicted octanol–water partition coefficient (Wildman–Crippen LogP) is 1.90. The summed E-state index contributed by atoms with van der Waals surface area (Å²) in [6.45, 7) is -0.280. The average molecular weight is 325 g/mol. The average Bonchev–Trinajstić information content (AvgIpc) is 2.86. The second kappa shape index (κ2) is 6.95. The van der Waals surface area contributed by atoms with E-state index in [1.165, 1.54) is 0 Å². The van der Waals surface area contributed by atoms with Crippen molar-refractivity contribution in [2.45, 2.75) is 0 Å². The Labute approximate surface area is 138 Å². The number of para-hydroxylation sites is 1. The number of esters is 1. The van der Waals surface area contributed by atoms with Gasteiger partial charge in [0.25, 0.3) is 11.8 Å². The molecule has 1 aliphatic rings. The fraction of sp³-hybridized carbons (Fsp3) is 0.167. The Kier molecular flexibility index (Phi) is 4.56. The minimum Gasteiger partial charge on any atom is -0.482 e. The van der Waals surface area contributed by atoms with Gasteiger partial charge in [0.05, 0.1) is 17.7 Å². The smallest absolute Gasteiger partial charge is 0.344 e. The standard InChI is InChI=1S/C18H15NO5/c20-16(12-24-13-6-2-1-3-7-13)23-11-10-19-17(21)14-8-4-5-9-15(14)18(19)22/h1-9H,10-12H2. The van der Waals surface area contributed by atoms with Gasteiger partial charge in [0.15, 0.2) is 6.61 Å². The molecule has 1 heterocycles. The monoisotopic (exact) mass is 325 g/mol. The van der Waals surface area contributed by atoms with E-state index in [1.54, 1.807) is 48.5 Å². The number of rotatable bonds is 6. The summed E-state index contributed by atoms with van der Waals surface area (Å²) in [6.07, 6.45) is 0. The van der Waals surface area contributed by atoms with Gasteiger partial charge >= 0.3 is 5.97 Å². The van der Waals surface area contributed by atoms with Crippen LogP contribution in [-0.4, -0.2) is 42.4 Å². The molecule has 122 valence electrons. The van der Waals surface area contributed by atoms with Gasteiger partial charge in [-0.15, -0.1) is 0 Å². The molecular formula is C18H15NO5. The van der Waals surface area contributed by atoms with E-state index in [0.717, 1.165) is 4.90 Å². The molecule has 2 amide bonds. The van der Waals surface area contributed by atoms with E-state index in [0.29, 0.717) is 16.9 Å². The van der Waals surface area contributed by atoms with Crippen molar-refractivity contribution in [3.8, 4) is 5.75 Å². The van der Waals surface area contributed by atoms with Crippen molar-refractivity contribution in [2.75, 3.05) is 19.8 Å². The maximum atomic E-state index is 12.1. The lowest BCUT2D eigenvalue weighted by atomic mass is 10.1. The lowest BCUT2D eigenvalue weighted by Crippen LogP contribution is -2.33. The summed E-state index contributed by atoms with van der Waals surface area (Å²) in [5.74, 6) is -0.732. The van der Waals surface area contributed by atoms with Crippen LogP contribution in [0.1, 0.15) is 20.7 Å². The molecule has 0 bridgehead atoms. The molecule has 0 aromatic heterocycles. The summed E-state index contributed by atoms with van der Waals surface area (Å²) < 4.78 is 10.3. The van der Waals surface area contributed by atoms with Crippen molar-refractivity contribution >= 4 is 17.8 Å². The number of hydrogen-bond donors (Lipinski definition) is 0. The van der Waals surface area contributed by atoms with E-state index in [1.807, 2.05) is 6.07 Å². The highest BCUT2D eigenvalue weighted by Crippen LogP contribution is 2.21. The molecule has 0 N–H and O–H groups in total. The van der Waals surface area contributed by atoms with Crippen molar-refractivity contribution in [3.05, 3.63) is 65.7 Å². The van der Waals surface area contributed by atoms with E-state index >= 15 is 0 Å². The van der Waals surface area contributed by atoms with Gasteiger partial charge in [-0.3, -0.25) is 14.5 Å². The number of imide groups is 1. The first kappa shape index (κ1) is 15.7. The molecule has 6 nitrogen and oxygen atoms in total. The number of hydrogen-bond acceptors (Lipinski definition) is 5. The molecule has 0 aliphatic carbocycles. The number of carbonyl (C=O) groups is 3. The van der Waals surface area contributed by atoms with E-state index in [-0.39, 0.29) is 31.6 Å². The lowest BCUT2D eigenvalue weighted by Gasteiger charge is -2.13. The van der Waals surface area contributed by atoms with Crippen LogP contribution in [-0.2, 0) is 9.53 Å². The van der Waals surface area contributed by atoms with Gasteiger partial charge in [0, 0.05) is 0 Å². The SMILES string of the molecule is O=C(COc1ccccc1)OCCN1C(=O)c2ccccc2C1=O. The Hall–Kier alpha value is -3.15. The summed E-state index contributed by atoms with van der Waals surface area (Å²) in [6, 6.07) is 15.5. The molecular weight excluding hydrogens is 310 g/mol. The minimum atomic E-state index is -0.560. The molecule has 3 rings (SSSR count). The van der Waals surface area contributed by atoms with Gasteiger partial charge in [0.2, 0.25) is 0 Å². The van der Waals surface area contributed by atoms with Gasteiger partial charge in [-0.05, 0) is 24.3 Å². The molecule has 0 atom stereocenters. The number of ether oxygens (including phenoxy) is 2. The van der Waals surface area contributed by atoms with E-state index in [4.69, 9.17) is 9.47 Å². The molecule has 0 saturated carbocycles. The topological polar surface area (TPSA) is 72.9 Å². The first-order chi connectivity index (χ1) is 11.7. The highest BCUT2D eigenvalue weighted by Gasteiger charge is 2.34. The van der Waals surface area contributed by atoms with Gasteiger partial charge in [-0.1, -0.05) is 30.3 Å². The highest BCUT2D eigenvalue weighted by molar-refractivity contribution is 6.21. The Bertz CT molecular complexity index is 737. The molecule has 0 fully saturated rings. The van der Waals surface area contributed by atoms with Crippen molar-refractivity contribution in [1.29, 1.82) is 0 Å². The molecule has 0 unspecified atom stereocenters. The third kappa shape index (κ3) is 3.27. The highest BCUT2D eigenvalue weighted by atomic mass is 16.6. The molecule has 0 saturated heterocycles. The van der Waals surface area contributed by atoms with E-state index in [2.05, 4.69) is 0 Å². The fourth-order valence-corrected chi connectivity index (χ4v) is 2.39. The molecule has 6 heteroatoms. The zero-order valence-corrected chi connectivity index (χ0v) is 12.8. The second-order valence-electron chi connectivity index (χ2n) is 5.13. The van der Waals surface area contributed by atoms with Crippen LogP contribution in [0.25, 0.3) is 0 Å². The predicted molar refractivity (Wildman–Crippen MR) is 84.7 cm³/mol. The van der Waals surface area contributed by atoms with Crippen molar-refractivity contribution < 1.29 is 23.9 Å². The Morgan fingerprint density at radius 2 is 1.46 bits per heavy atom. The molecule has 24 heavy (non-hydrogen) atoms. The van der Waals surface area contributed by atoms with Crippen molar-refractivity contribution in [3.63, 3.8) is 0 Å². The first-order valence-electron chi connectivity index (χ1n) is 7.45. The normalized spacial score (nSPS) is 12.9. The Morgan fingerprint density at radius 1 is 0.875 bits per heavy atom. The van der Waals surface area contributed by atoms with Crippen LogP contribution in [0.2, 0.25) is 0 Å². The summed E-state index contributed by atoms with van der Waals surface area (Å²) >= 11 is 0. The maximum absolute atomic E-state index is 12.1. The van der Waals surface area contributed by atoms with E-state index in [9.17, 15) is 14.4 Å². The van der Waals surface area contributed by atoms with Crippen LogP contribution >= 0.6 is 0 Å². The maximum Gasteiger partial charge on any atom is 0.344 e. The summed E-state index contributed by atoms with van der Waals surface area (Å²) in [5, 5.41) is 0. The van der Waals surface area contributed by atoms with Gasteiger partial charge in [-0.25, -0.2) is 4.79 Å². The van der Waals surface area contributed by atoms with Gasteiger partial charge in [0.1, 0.15) is 12.4 Å². The zero-order valence-electron chi connectivity index (χ0n) is 12.8. The zero-order chi connectivity index (χ0) is 16.9. The summed E-state index contributed by atoms with van der Waals surface area (Å²) in [5.41, 5.74) is 0.752. The number of fused-ring (bicyclic) bond motifs is 1. The van der Waals surface area contributed by atoms with Crippen LogP contribution in [0.4, 0.5) is 0 Å². The van der Waals surface area contributed by atoms with Crippen LogP contribution in [0, 0.1) is 0 Å². The lowest BCUT2D eigenvalue weighted by molar-refractivity contribution is -0.146. The van der Waals surface area contributed by atoms with Crippen LogP contribution < -0.4 is 4.74 Å². The molecule has 2 aromatic rings. The number of amides is 2. The number of carbonyl (C=O) groups excluding carboxylic acids is 3. The fourth-order valence-electron chi connectivity index (χ4n) is 2.39. The van der Waals surface area contributed by atoms with Gasteiger partial charge < -0.3 is 9.47 Å². The Morgan fingerprint density at radius 3 is 2.08 bits per heavy atom. The third-order valence-electron chi connectivity index (χ3n) is 3.56. The van der Waals surface area contributed by atoms with Gasteiger partial charge in [-0.2, -0.15) is 0 Å². The number of benzene rings is 2. The largest absolute Gasteiger partial charge is 0.482 e. The molecule has 0 radical (unpaired) electrons. The quantitative estimate of drug-likeness (QED) is 0.599.